The second kappa shape index (κ2) is 7.70. The number of aryl methyl sites for hydroxylation is 2. The van der Waals surface area contributed by atoms with Gasteiger partial charge in [-0.05, 0) is 36.6 Å². The van der Waals surface area contributed by atoms with Crippen molar-refractivity contribution in [3.05, 3.63) is 59.1 Å². The summed E-state index contributed by atoms with van der Waals surface area (Å²) in [6.45, 7) is 4.43. The van der Waals surface area contributed by atoms with E-state index in [1.807, 2.05) is 60.6 Å². The average Bonchev–Trinajstić information content (AvgIpc) is 3.42. The lowest BCUT2D eigenvalue weighted by molar-refractivity contribution is 0.0748. The largest absolute Gasteiger partial charge is 0.506 e. The SMILES string of the molecule is Cc1nn(C)c2nc(-c3cccs3)cc(C(=O)N3CCN(c4ccccc4O)CC3)c12. The molecule has 5 rings (SSSR count). The van der Waals surface area contributed by atoms with E-state index >= 15 is 0 Å². The van der Waals surface area contributed by atoms with Crippen molar-refractivity contribution in [3.8, 4) is 16.3 Å². The number of hydrogen-bond donors (Lipinski definition) is 1. The summed E-state index contributed by atoms with van der Waals surface area (Å²) < 4.78 is 1.74. The number of thiophene rings is 1. The summed E-state index contributed by atoms with van der Waals surface area (Å²) in [5.74, 6) is 0.267. The van der Waals surface area contributed by atoms with Crippen molar-refractivity contribution in [2.75, 3.05) is 31.1 Å². The van der Waals surface area contributed by atoms with Gasteiger partial charge in [0.25, 0.3) is 5.91 Å². The van der Waals surface area contributed by atoms with Gasteiger partial charge < -0.3 is 14.9 Å². The minimum absolute atomic E-state index is 0.00163. The summed E-state index contributed by atoms with van der Waals surface area (Å²) in [6, 6.07) is 13.2. The molecule has 1 aliphatic heterocycles. The normalized spacial score (nSPS) is 14.4. The van der Waals surface area contributed by atoms with Gasteiger partial charge in [-0.1, -0.05) is 18.2 Å². The van der Waals surface area contributed by atoms with Crippen molar-refractivity contribution in [2.45, 2.75) is 6.92 Å². The lowest BCUT2D eigenvalue weighted by Crippen LogP contribution is -2.48. The minimum Gasteiger partial charge on any atom is -0.506 e. The summed E-state index contributed by atoms with van der Waals surface area (Å²) in [7, 11) is 1.86. The Labute approximate surface area is 184 Å². The number of anilines is 1. The molecule has 1 fully saturated rings. The number of pyridine rings is 1. The molecule has 1 saturated heterocycles. The van der Waals surface area contributed by atoms with Crippen LogP contribution < -0.4 is 4.90 Å². The lowest BCUT2D eigenvalue weighted by atomic mass is 10.1. The highest BCUT2D eigenvalue weighted by Gasteiger charge is 2.27. The number of piperazine rings is 1. The average molecular weight is 434 g/mol. The molecule has 0 saturated carbocycles. The molecule has 4 heterocycles. The van der Waals surface area contributed by atoms with E-state index in [0.717, 1.165) is 33.0 Å². The van der Waals surface area contributed by atoms with E-state index in [2.05, 4.69) is 10.00 Å². The number of carbonyl (C=O) groups excluding carboxylic acids is 1. The predicted octanol–water partition coefficient (Wildman–Crippen LogP) is 3.67. The Kier molecular flexibility index (Phi) is 4.86. The molecule has 158 valence electrons. The van der Waals surface area contributed by atoms with E-state index in [-0.39, 0.29) is 11.7 Å². The summed E-state index contributed by atoms with van der Waals surface area (Å²) >= 11 is 1.61. The maximum absolute atomic E-state index is 13.6. The molecule has 1 N–H and O–H groups in total. The highest BCUT2D eigenvalue weighted by molar-refractivity contribution is 7.13. The molecule has 0 radical (unpaired) electrons. The number of carbonyl (C=O) groups is 1. The number of aromatic nitrogens is 3. The first kappa shape index (κ1) is 19.6. The Bertz CT molecular complexity index is 1260. The summed E-state index contributed by atoms with van der Waals surface area (Å²) in [4.78, 5) is 23.4. The number of phenols is 1. The first-order valence-electron chi connectivity index (χ1n) is 10.2. The Morgan fingerprint density at radius 1 is 1.10 bits per heavy atom. The Hall–Kier alpha value is -3.39. The van der Waals surface area contributed by atoms with Crippen molar-refractivity contribution in [1.29, 1.82) is 0 Å². The summed E-state index contributed by atoms with van der Waals surface area (Å²) in [5, 5.41) is 17.5. The van der Waals surface area contributed by atoms with Crippen molar-refractivity contribution in [1.82, 2.24) is 19.7 Å². The molecule has 0 unspecified atom stereocenters. The van der Waals surface area contributed by atoms with Crippen LogP contribution in [0, 0.1) is 6.92 Å². The number of fused-ring (bicyclic) bond motifs is 1. The van der Waals surface area contributed by atoms with Gasteiger partial charge in [0.15, 0.2) is 5.65 Å². The van der Waals surface area contributed by atoms with Gasteiger partial charge >= 0.3 is 0 Å². The monoisotopic (exact) mass is 433 g/mol. The van der Waals surface area contributed by atoms with Crippen molar-refractivity contribution >= 4 is 34.0 Å². The first-order valence-corrected chi connectivity index (χ1v) is 11.1. The number of aromatic hydroxyl groups is 1. The summed E-state index contributed by atoms with van der Waals surface area (Å²) in [6.07, 6.45) is 0. The van der Waals surface area contributed by atoms with E-state index in [1.54, 1.807) is 22.1 Å². The van der Waals surface area contributed by atoms with Gasteiger partial charge in [0, 0.05) is 33.2 Å². The van der Waals surface area contributed by atoms with Crippen LogP contribution in [-0.2, 0) is 7.05 Å². The van der Waals surface area contributed by atoms with Gasteiger partial charge in [-0.25, -0.2) is 4.98 Å². The smallest absolute Gasteiger partial charge is 0.254 e. The maximum Gasteiger partial charge on any atom is 0.254 e. The highest BCUT2D eigenvalue weighted by Crippen LogP contribution is 2.31. The third kappa shape index (κ3) is 3.42. The molecule has 4 aromatic rings. The zero-order valence-corrected chi connectivity index (χ0v) is 18.3. The lowest BCUT2D eigenvalue weighted by Gasteiger charge is -2.36. The van der Waals surface area contributed by atoms with Crippen LogP contribution in [0.25, 0.3) is 21.6 Å². The van der Waals surface area contributed by atoms with E-state index in [9.17, 15) is 9.90 Å². The molecule has 0 atom stereocenters. The van der Waals surface area contributed by atoms with Gasteiger partial charge in [-0.3, -0.25) is 9.48 Å². The Morgan fingerprint density at radius 3 is 2.58 bits per heavy atom. The second-order valence-corrected chi connectivity index (χ2v) is 8.66. The van der Waals surface area contributed by atoms with Crippen LogP contribution in [0.1, 0.15) is 16.1 Å². The topological polar surface area (TPSA) is 74.5 Å². The first-order chi connectivity index (χ1) is 15.0. The molecule has 7 nitrogen and oxygen atoms in total. The molecule has 0 bridgehead atoms. The molecule has 8 heteroatoms. The molecular weight excluding hydrogens is 410 g/mol. The van der Waals surface area contributed by atoms with Crippen LogP contribution in [0.4, 0.5) is 5.69 Å². The minimum atomic E-state index is -0.00163. The van der Waals surface area contributed by atoms with Gasteiger partial charge in [0.1, 0.15) is 5.75 Å². The van der Waals surface area contributed by atoms with Crippen LogP contribution in [0.5, 0.6) is 5.75 Å². The van der Waals surface area contributed by atoms with E-state index < -0.39 is 0 Å². The number of hydrogen-bond acceptors (Lipinski definition) is 6. The number of phenolic OH excluding ortho intramolecular Hbond substituents is 1. The third-order valence-corrected chi connectivity index (χ3v) is 6.65. The molecule has 1 amide bonds. The zero-order valence-electron chi connectivity index (χ0n) is 17.4. The molecular formula is C23H23N5O2S. The summed E-state index contributed by atoms with van der Waals surface area (Å²) in [5.41, 5.74) is 3.78. The van der Waals surface area contributed by atoms with Crippen molar-refractivity contribution in [2.24, 2.45) is 7.05 Å². The van der Waals surface area contributed by atoms with Crippen molar-refractivity contribution < 1.29 is 9.90 Å². The van der Waals surface area contributed by atoms with E-state index in [1.165, 1.54) is 0 Å². The number of amides is 1. The van der Waals surface area contributed by atoms with Crippen LogP contribution in [0.3, 0.4) is 0 Å². The molecule has 0 aliphatic carbocycles. The van der Waals surface area contributed by atoms with Crippen LogP contribution >= 0.6 is 11.3 Å². The molecule has 31 heavy (non-hydrogen) atoms. The number of benzene rings is 1. The van der Waals surface area contributed by atoms with Gasteiger partial charge in [-0.15, -0.1) is 11.3 Å². The molecule has 1 aliphatic rings. The Morgan fingerprint density at radius 2 is 1.87 bits per heavy atom. The predicted molar refractivity (Wildman–Crippen MR) is 123 cm³/mol. The second-order valence-electron chi connectivity index (χ2n) is 7.71. The zero-order chi connectivity index (χ0) is 21.5. The van der Waals surface area contributed by atoms with E-state index in [0.29, 0.717) is 31.7 Å². The fourth-order valence-corrected chi connectivity index (χ4v) is 4.90. The van der Waals surface area contributed by atoms with Crippen molar-refractivity contribution in [3.63, 3.8) is 0 Å². The van der Waals surface area contributed by atoms with Crippen LogP contribution in [0.2, 0.25) is 0 Å². The third-order valence-electron chi connectivity index (χ3n) is 5.76. The fourth-order valence-electron chi connectivity index (χ4n) is 4.22. The van der Waals surface area contributed by atoms with Gasteiger partial charge in [0.2, 0.25) is 0 Å². The maximum atomic E-state index is 13.6. The van der Waals surface area contributed by atoms with E-state index in [4.69, 9.17) is 4.98 Å². The van der Waals surface area contributed by atoms with Crippen LogP contribution in [0.15, 0.2) is 47.8 Å². The quantitative estimate of drug-likeness (QED) is 0.534. The standard InChI is InChI=1S/C23H23N5O2S/c1-15-21-16(14-17(20-8-5-13-31-20)24-22(21)26(2)25-15)23(30)28-11-9-27(10-12-28)18-6-3-4-7-19(18)29/h3-8,13-14,29H,9-12H2,1-2H3. The van der Waals surface area contributed by atoms with Gasteiger partial charge in [-0.2, -0.15) is 5.10 Å². The molecule has 3 aromatic heterocycles. The van der Waals surface area contributed by atoms with Crippen LogP contribution in [-0.4, -0.2) is 56.9 Å². The Balaban J connectivity index is 1.47. The number of nitrogens with zero attached hydrogens (tertiary/aromatic N) is 5. The number of para-hydroxylation sites is 2. The molecule has 1 aromatic carbocycles. The highest BCUT2D eigenvalue weighted by atomic mass is 32.1. The fraction of sp³-hybridized carbons (Fsp3) is 0.261. The molecule has 0 spiro atoms. The van der Waals surface area contributed by atoms with Gasteiger partial charge in [0.05, 0.1) is 32.9 Å². The number of rotatable bonds is 3.